The van der Waals surface area contributed by atoms with Crippen LogP contribution in [0.5, 0.6) is 0 Å². The average Bonchev–Trinajstić information content (AvgIpc) is 2.24. The highest BCUT2D eigenvalue weighted by Gasteiger charge is 2.11. The Bertz CT molecular complexity index is 366. The van der Waals surface area contributed by atoms with E-state index in [4.69, 9.17) is 5.73 Å². The first-order chi connectivity index (χ1) is 8.05. The molecule has 1 aromatic heterocycles. The van der Waals surface area contributed by atoms with Crippen LogP contribution in [0, 0.1) is 19.8 Å². The lowest BCUT2D eigenvalue weighted by molar-refractivity contribution is -0.117. The van der Waals surface area contributed by atoms with Gasteiger partial charge in [-0.15, -0.1) is 0 Å². The number of amides is 1. The maximum atomic E-state index is 11.8. The van der Waals surface area contributed by atoms with Crippen molar-refractivity contribution in [3.05, 3.63) is 23.4 Å². The monoisotopic (exact) mass is 235 g/mol. The molecule has 94 valence electrons. The Balaban J connectivity index is 2.61. The predicted octanol–water partition coefficient (Wildman–Crippen LogP) is 2.01. The van der Waals surface area contributed by atoms with Crippen molar-refractivity contribution >= 4 is 11.7 Å². The fraction of sp³-hybridized carbons (Fsp3) is 0.538. The maximum Gasteiger partial charge on any atom is 0.225 e. The number of carbonyl (C=O) groups is 1. The maximum absolute atomic E-state index is 11.8. The average molecular weight is 235 g/mol. The fourth-order valence-corrected chi connectivity index (χ4v) is 1.76. The zero-order valence-electron chi connectivity index (χ0n) is 10.8. The van der Waals surface area contributed by atoms with Crippen LogP contribution in [0.2, 0.25) is 0 Å². The van der Waals surface area contributed by atoms with E-state index >= 15 is 0 Å². The van der Waals surface area contributed by atoms with Crippen molar-refractivity contribution in [1.82, 2.24) is 4.98 Å². The molecule has 1 rings (SSSR count). The van der Waals surface area contributed by atoms with Gasteiger partial charge in [-0.2, -0.15) is 0 Å². The third-order valence-corrected chi connectivity index (χ3v) is 2.75. The van der Waals surface area contributed by atoms with E-state index < -0.39 is 0 Å². The van der Waals surface area contributed by atoms with Crippen molar-refractivity contribution in [1.29, 1.82) is 0 Å². The van der Waals surface area contributed by atoms with Crippen LogP contribution in [-0.4, -0.2) is 17.4 Å². The van der Waals surface area contributed by atoms with Gasteiger partial charge in [0.1, 0.15) is 5.82 Å². The van der Waals surface area contributed by atoms with Gasteiger partial charge < -0.3 is 11.1 Å². The van der Waals surface area contributed by atoms with Crippen LogP contribution in [0.15, 0.2) is 12.1 Å². The molecule has 0 fully saturated rings. The van der Waals surface area contributed by atoms with Crippen LogP contribution in [0.1, 0.15) is 31.0 Å². The summed E-state index contributed by atoms with van der Waals surface area (Å²) < 4.78 is 0. The Labute approximate surface area is 103 Å². The summed E-state index contributed by atoms with van der Waals surface area (Å²) in [6.07, 6.45) is 1.38. The quantitative estimate of drug-likeness (QED) is 0.820. The minimum atomic E-state index is -0.0141. The first-order valence-corrected chi connectivity index (χ1v) is 6.00. The summed E-state index contributed by atoms with van der Waals surface area (Å²) in [6, 6.07) is 3.85. The molecule has 1 amide bonds. The van der Waals surface area contributed by atoms with E-state index in [1.807, 2.05) is 32.9 Å². The first kappa shape index (κ1) is 13.6. The first-order valence-electron chi connectivity index (χ1n) is 6.00. The van der Waals surface area contributed by atoms with Crippen LogP contribution in [0.3, 0.4) is 0 Å². The molecule has 0 saturated carbocycles. The zero-order chi connectivity index (χ0) is 12.8. The van der Waals surface area contributed by atoms with Crippen molar-refractivity contribution < 1.29 is 4.79 Å². The van der Waals surface area contributed by atoms with E-state index in [0.29, 0.717) is 18.8 Å². The molecule has 17 heavy (non-hydrogen) atoms. The zero-order valence-corrected chi connectivity index (χ0v) is 10.8. The van der Waals surface area contributed by atoms with Crippen LogP contribution < -0.4 is 11.1 Å². The Kier molecular flexibility index (Phi) is 5.10. The van der Waals surface area contributed by atoms with E-state index in [0.717, 1.165) is 17.7 Å². The number of aryl methyl sites for hydroxylation is 2. The van der Waals surface area contributed by atoms with Gasteiger partial charge >= 0.3 is 0 Å². The van der Waals surface area contributed by atoms with Gasteiger partial charge in [0, 0.05) is 12.1 Å². The van der Waals surface area contributed by atoms with Crippen molar-refractivity contribution in [2.75, 3.05) is 11.9 Å². The standard InChI is InChI=1S/C13H21N3O/c1-4-11(8-14)7-13(17)16-12-6-9(2)5-10(3)15-12/h5-6,11H,4,7-8,14H2,1-3H3,(H,15,16,17). The lowest BCUT2D eigenvalue weighted by atomic mass is 10.0. The number of hydrogen-bond donors (Lipinski definition) is 2. The van der Waals surface area contributed by atoms with Crippen LogP contribution in [-0.2, 0) is 4.79 Å². The molecule has 0 bridgehead atoms. The number of nitrogens with one attached hydrogen (secondary N) is 1. The molecule has 0 spiro atoms. The summed E-state index contributed by atoms with van der Waals surface area (Å²) in [5.74, 6) is 0.861. The van der Waals surface area contributed by atoms with Gasteiger partial charge in [-0.1, -0.05) is 13.3 Å². The minimum absolute atomic E-state index is 0.0141. The summed E-state index contributed by atoms with van der Waals surface area (Å²) in [7, 11) is 0. The van der Waals surface area contributed by atoms with Crippen molar-refractivity contribution in [3.8, 4) is 0 Å². The molecule has 0 aliphatic rings. The highest BCUT2D eigenvalue weighted by Crippen LogP contribution is 2.11. The van der Waals surface area contributed by atoms with E-state index in [-0.39, 0.29) is 11.8 Å². The summed E-state index contributed by atoms with van der Waals surface area (Å²) in [5.41, 5.74) is 7.58. The number of anilines is 1. The Hall–Kier alpha value is -1.42. The molecule has 0 saturated heterocycles. The van der Waals surface area contributed by atoms with Gasteiger partial charge in [0.2, 0.25) is 5.91 Å². The van der Waals surface area contributed by atoms with E-state index in [1.165, 1.54) is 0 Å². The summed E-state index contributed by atoms with van der Waals surface area (Å²) in [4.78, 5) is 16.0. The minimum Gasteiger partial charge on any atom is -0.330 e. The molecule has 1 heterocycles. The molecule has 1 aromatic rings. The third kappa shape index (κ3) is 4.53. The summed E-state index contributed by atoms with van der Waals surface area (Å²) in [5, 5.41) is 2.82. The third-order valence-electron chi connectivity index (χ3n) is 2.75. The summed E-state index contributed by atoms with van der Waals surface area (Å²) >= 11 is 0. The number of hydrogen-bond acceptors (Lipinski definition) is 3. The van der Waals surface area contributed by atoms with Crippen molar-refractivity contribution in [3.63, 3.8) is 0 Å². The molecule has 0 aliphatic heterocycles. The second kappa shape index (κ2) is 6.35. The number of pyridine rings is 1. The van der Waals surface area contributed by atoms with E-state index in [1.54, 1.807) is 0 Å². The number of nitrogens with zero attached hydrogens (tertiary/aromatic N) is 1. The van der Waals surface area contributed by atoms with Gasteiger partial charge in [0.25, 0.3) is 0 Å². The largest absolute Gasteiger partial charge is 0.330 e. The second-order valence-corrected chi connectivity index (χ2v) is 4.43. The molecule has 0 aliphatic carbocycles. The SMILES string of the molecule is CCC(CN)CC(=O)Nc1cc(C)cc(C)n1. The molecular formula is C13H21N3O. The van der Waals surface area contributed by atoms with E-state index in [9.17, 15) is 4.79 Å². The van der Waals surface area contributed by atoms with Crippen LogP contribution in [0.25, 0.3) is 0 Å². The lowest BCUT2D eigenvalue weighted by Crippen LogP contribution is -2.22. The van der Waals surface area contributed by atoms with Crippen molar-refractivity contribution in [2.24, 2.45) is 11.7 Å². The highest BCUT2D eigenvalue weighted by atomic mass is 16.1. The molecule has 3 N–H and O–H groups in total. The smallest absolute Gasteiger partial charge is 0.225 e. The van der Waals surface area contributed by atoms with Crippen LogP contribution >= 0.6 is 0 Å². The number of rotatable bonds is 5. The van der Waals surface area contributed by atoms with Gasteiger partial charge in [-0.25, -0.2) is 4.98 Å². The van der Waals surface area contributed by atoms with Gasteiger partial charge in [0.15, 0.2) is 0 Å². The second-order valence-electron chi connectivity index (χ2n) is 4.43. The number of carbonyl (C=O) groups excluding carboxylic acids is 1. The molecule has 1 unspecified atom stereocenters. The topological polar surface area (TPSA) is 68.0 Å². The van der Waals surface area contributed by atoms with Crippen LogP contribution in [0.4, 0.5) is 5.82 Å². The van der Waals surface area contributed by atoms with Gasteiger partial charge in [-0.05, 0) is 44.0 Å². The lowest BCUT2D eigenvalue weighted by Gasteiger charge is -2.12. The van der Waals surface area contributed by atoms with E-state index in [2.05, 4.69) is 10.3 Å². The van der Waals surface area contributed by atoms with Gasteiger partial charge in [0.05, 0.1) is 0 Å². The Morgan fingerprint density at radius 1 is 1.47 bits per heavy atom. The number of nitrogens with two attached hydrogens (primary N) is 1. The molecule has 0 aromatic carbocycles. The fourth-order valence-electron chi connectivity index (χ4n) is 1.76. The summed E-state index contributed by atoms with van der Waals surface area (Å²) in [6.45, 7) is 6.49. The molecule has 1 atom stereocenters. The molecular weight excluding hydrogens is 214 g/mol. The Morgan fingerprint density at radius 3 is 2.71 bits per heavy atom. The highest BCUT2D eigenvalue weighted by molar-refractivity contribution is 5.90. The Morgan fingerprint density at radius 2 is 2.18 bits per heavy atom. The number of aromatic nitrogens is 1. The predicted molar refractivity (Wildman–Crippen MR) is 69.8 cm³/mol. The normalized spacial score (nSPS) is 12.2. The molecule has 4 nitrogen and oxygen atoms in total. The molecule has 4 heteroatoms. The molecule has 0 radical (unpaired) electrons. The van der Waals surface area contributed by atoms with Gasteiger partial charge in [-0.3, -0.25) is 4.79 Å². The van der Waals surface area contributed by atoms with Crippen molar-refractivity contribution in [2.45, 2.75) is 33.6 Å².